The molecule has 0 bridgehead atoms. The summed E-state index contributed by atoms with van der Waals surface area (Å²) in [6.07, 6.45) is 1.11. The van der Waals surface area contributed by atoms with E-state index in [1.54, 1.807) is 29.2 Å². The predicted molar refractivity (Wildman–Crippen MR) is 137 cm³/mol. The quantitative estimate of drug-likeness (QED) is 0.327. The molecule has 1 amide bonds. The number of ether oxygens (including phenoxy) is 2. The Labute approximate surface area is 212 Å². The lowest BCUT2D eigenvalue weighted by molar-refractivity contribution is -0.119. The molecule has 1 heterocycles. The number of aryl methyl sites for hydroxylation is 1. The van der Waals surface area contributed by atoms with Crippen LogP contribution in [0, 0.1) is 19.8 Å². The van der Waals surface area contributed by atoms with Gasteiger partial charge in [0.05, 0.1) is 38.7 Å². The van der Waals surface area contributed by atoms with E-state index in [0.29, 0.717) is 52.5 Å². The third-order valence-corrected chi connectivity index (χ3v) is 6.49. The van der Waals surface area contributed by atoms with Gasteiger partial charge in [0.15, 0.2) is 17.2 Å². The van der Waals surface area contributed by atoms with Crippen LogP contribution in [0.1, 0.15) is 49.5 Å². The van der Waals surface area contributed by atoms with E-state index in [-0.39, 0.29) is 18.2 Å². The zero-order valence-corrected chi connectivity index (χ0v) is 22.0. The molecule has 0 unspecified atom stereocenters. The second kappa shape index (κ2) is 11.5. The number of methoxy groups -OCH3 is 2. The van der Waals surface area contributed by atoms with E-state index in [4.69, 9.17) is 26.1 Å². The molecule has 0 saturated heterocycles. The van der Waals surface area contributed by atoms with Crippen LogP contribution in [0.3, 0.4) is 0 Å². The van der Waals surface area contributed by atoms with Gasteiger partial charge in [-0.15, -0.1) is 0 Å². The summed E-state index contributed by atoms with van der Waals surface area (Å²) in [5.41, 5.74) is 2.97. The van der Waals surface area contributed by atoms with Crippen molar-refractivity contribution >= 4 is 23.2 Å². The Bertz CT molecular complexity index is 1190. The van der Waals surface area contributed by atoms with Gasteiger partial charge in [0.2, 0.25) is 5.91 Å². The first-order valence-corrected chi connectivity index (χ1v) is 12.0. The van der Waals surface area contributed by atoms with Gasteiger partial charge in [-0.2, -0.15) is 0 Å². The molecule has 0 aliphatic rings. The van der Waals surface area contributed by atoms with Crippen molar-refractivity contribution in [1.29, 1.82) is 0 Å². The van der Waals surface area contributed by atoms with Crippen LogP contribution in [-0.2, 0) is 23.0 Å². The molecule has 187 valence electrons. The Kier molecular flexibility index (Phi) is 8.67. The van der Waals surface area contributed by atoms with E-state index in [0.717, 1.165) is 17.8 Å². The average molecular weight is 499 g/mol. The monoisotopic (exact) mass is 498 g/mol. The van der Waals surface area contributed by atoms with E-state index in [1.807, 2.05) is 30.5 Å². The summed E-state index contributed by atoms with van der Waals surface area (Å²) in [6, 6.07) is 10.4. The Hall–Kier alpha value is -3.19. The van der Waals surface area contributed by atoms with Gasteiger partial charge >= 0.3 is 0 Å². The number of anilines is 1. The zero-order chi connectivity index (χ0) is 25.7. The van der Waals surface area contributed by atoms with Crippen molar-refractivity contribution in [2.75, 3.05) is 19.1 Å². The van der Waals surface area contributed by atoms with E-state index in [9.17, 15) is 9.90 Å². The zero-order valence-electron chi connectivity index (χ0n) is 21.2. The maximum atomic E-state index is 13.5. The second-order valence-corrected chi connectivity index (χ2v) is 9.32. The summed E-state index contributed by atoms with van der Waals surface area (Å²) in [4.78, 5) is 19.9. The summed E-state index contributed by atoms with van der Waals surface area (Å²) in [5.74, 6) is 1.80. The third-order valence-electron chi connectivity index (χ3n) is 6.13. The van der Waals surface area contributed by atoms with Gasteiger partial charge < -0.3 is 18.9 Å². The Balaban J connectivity index is 2.06. The van der Waals surface area contributed by atoms with Crippen molar-refractivity contribution in [2.45, 2.75) is 53.6 Å². The molecule has 0 aliphatic carbocycles. The summed E-state index contributed by atoms with van der Waals surface area (Å²) < 4.78 is 12.8. The minimum absolute atomic E-state index is 0.0306. The maximum absolute atomic E-state index is 13.5. The van der Waals surface area contributed by atoms with Crippen LogP contribution in [0.15, 0.2) is 36.4 Å². The van der Waals surface area contributed by atoms with Crippen molar-refractivity contribution in [3.63, 3.8) is 0 Å². The number of para-hydroxylation sites is 1. The molecule has 0 atom stereocenters. The number of hydrogen-bond acceptors (Lipinski definition) is 4. The molecule has 0 fully saturated rings. The van der Waals surface area contributed by atoms with E-state index >= 15 is 0 Å². The van der Waals surface area contributed by atoms with Crippen LogP contribution in [0.4, 0.5) is 5.69 Å². The summed E-state index contributed by atoms with van der Waals surface area (Å²) in [7, 11) is 3.05. The molecule has 2 aromatic carbocycles. The highest BCUT2D eigenvalue weighted by molar-refractivity contribution is 6.35. The van der Waals surface area contributed by atoms with Crippen LogP contribution >= 0.6 is 11.6 Å². The SMILES string of the molecule is COc1ccc(N(Cc2nc(C)c(C)n2Cc2ccccc2[O])C(=O)CCC(C)C)c(Cl)c1OC. The van der Waals surface area contributed by atoms with Gasteiger partial charge in [-0.25, -0.2) is 4.98 Å². The first kappa shape index (κ1) is 26.4. The minimum Gasteiger partial charge on any atom is -0.493 e. The Morgan fingerprint density at radius 3 is 2.46 bits per heavy atom. The van der Waals surface area contributed by atoms with Gasteiger partial charge in [-0.1, -0.05) is 43.6 Å². The topological polar surface area (TPSA) is 76.5 Å². The smallest absolute Gasteiger partial charge is 0.227 e. The van der Waals surface area contributed by atoms with Crippen LogP contribution in [0.5, 0.6) is 17.2 Å². The highest BCUT2D eigenvalue weighted by Crippen LogP contribution is 2.42. The molecule has 1 radical (unpaired) electrons. The summed E-state index contributed by atoms with van der Waals surface area (Å²) in [5, 5.41) is 12.7. The number of nitrogens with zero attached hydrogens (tertiary/aromatic N) is 3. The predicted octanol–water partition coefficient (Wildman–Crippen LogP) is 6.33. The van der Waals surface area contributed by atoms with Crippen molar-refractivity contribution in [2.24, 2.45) is 5.92 Å². The van der Waals surface area contributed by atoms with Gasteiger partial charge in [0.25, 0.3) is 0 Å². The van der Waals surface area contributed by atoms with Crippen molar-refractivity contribution in [1.82, 2.24) is 9.55 Å². The first-order chi connectivity index (χ1) is 16.7. The number of rotatable bonds is 10. The lowest BCUT2D eigenvalue weighted by Gasteiger charge is -2.26. The highest BCUT2D eigenvalue weighted by atomic mass is 35.5. The van der Waals surface area contributed by atoms with E-state index in [2.05, 4.69) is 13.8 Å². The Morgan fingerprint density at radius 1 is 1.11 bits per heavy atom. The van der Waals surface area contributed by atoms with Crippen molar-refractivity contribution in [3.8, 4) is 17.2 Å². The van der Waals surface area contributed by atoms with Crippen molar-refractivity contribution < 1.29 is 19.4 Å². The van der Waals surface area contributed by atoms with Crippen molar-refractivity contribution in [3.05, 3.63) is 64.2 Å². The maximum Gasteiger partial charge on any atom is 0.227 e. The van der Waals surface area contributed by atoms with Gasteiger partial charge in [-0.3, -0.25) is 9.90 Å². The Morgan fingerprint density at radius 2 is 1.83 bits per heavy atom. The number of carbonyl (C=O) groups excluding carboxylic acids is 1. The lowest BCUT2D eigenvalue weighted by atomic mass is 10.1. The molecule has 0 N–H and O–H groups in total. The standard InChI is InChI=1S/C27H33ClN3O4/c1-17(2)11-14-25(33)31(21-12-13-23(34-5)27(35-6)26(21)28)16-24-29-18(3)19(4)30(24)15-20-9-7-8-10-22(20)32/h7-10,12-13,17H,11,14-16H2,1-6H3. The van der Waals surface area contributed by atoms with Gasteiger partial charge in [0.1, 0.15) is 10.8 Å². The summed E-state index contributed by atoms with van der Waals surface area (Å²) >= 11 is 6.72. The lowest BCUT2D eigenvalue weighted by Crippen LogP contribution is -2.32. The van der Waals surface area contributed by atoms with Gasteiger partial charge in [-0.05, 0) is 44.4 Å². The molecule has 0 aliphatic heterocycles. The number of carbonyl (C=O) groups is 1. The number of hydrogen-bond donors (Lipinski definition) is 0. The molecular formula is C27H33ClN3O4. The van der Waals surface area contributed by atoms with Gasteiger partial charge in [0, 0.05) is 17.7 Å². The molecule has 0 spiro atoms. The molecule has 35 heavy (non-hydrogen) atoms. The highest BCUT2D eigenvalue weighted by Gasteiger charge is 2.25. The van der Waals surface area contributed by atoms with Crippen LogP contribution in [-0.4, -0.2) is 29.7 Å². The van der Waals surface area contributed by atoms with E-state index in [1.165, 1.54) is 14.2 Å². The number of aromatic nitrogens is 2. The molecule has 1 aromatic heterocycles. The second-order valence-electron chi connectivity index (χ2n) is 8.94. The van der Waals surface area contributed by atoms with Crippen LogP contribution in [0.2, 0.25) is 5.02 Å². The molecular weight excluding hydrogens is 466 g/mol. The van der Waals surface area contributed by atoms with Crippen LogP contribution < -0.4 is 14.4 Å². The normalized spacial score (nSPS) is 11.1. The molecule has 8 heteroatoms. The molecule has 0 saturated carbocycles. The fourth-order valence-corrected chi connectivity index (χ4v) is 4.28. The first-order valence-electron chi connectivity index (χ1n) is 11.7. The summed E-state index contributed by atoms with van der Waals surface area (Å²) in [6.45, 7) is 8.62. The average Bonchev–Trinajstić information content (AvgIpc) is 3.09. The number of benzene rings is 2. The molecule has 3 aromatic rings. The van der Waals surface area contributed by atoms with Crippen LogP contribution in [0.25, 0.3) is 0 Å². The largest absolute Gasteiger partial charge is 0.493 e. The fourth-order valence-electron chi connectivity index (χ4n) is 3.94. The minimum atomic E-state index is -0.0677. The third kappa shape index (κ3) is 5.90. The number of imidazole rings is 1. The molecule has 7 nitrogen and oxygen atoms in total. The van der Waals surface area contributed by atoms with E-state index < -0.39 is 0 Å². The number of halogens is 1. The molecule has 3 rings (SSSR count). The number of amides is 1. The fraction of sp³-hybridized carbons (Fsp3) is 0.407.